The highest BCUT2D eigenvalue weighted by molar-refractivity contribution is 5.94. The van der Waals surface area contributed by atoms with Crippen molar-refractivity contribution in [2.45, 2.75) is 74.8 Å². The molecule has 1 atom stereocenters. The number of hydrogen-bond donors (Lipinski definition) is 2. The summed E-state index contributed by atoms with van der Waals surface area (Å²) in [6.45, 7) is 2.61. The number of nitrogens with zero attached hydrogens (tertiary/aromatic N) is 2. The molecule has 39 heavy (non-hydrogen) atoms. The predicted octanol–water partition coefficient (Wildman–Crippen LogP) is 4.63. The standard InChI is InChI=1S/C32H42N4O3/c33-32(22-39-23-32)30(38)36-19-17-35(18-20-36)29(37)25-13-11-24(12-14-25)28-21-31(15-7-3-1-2-4-8-16-31)26-9-5-6-10-27(26)34-28/h5-6,9-14,28,34H,1-4,7-8,15-23,33H2. The minimum absolute atomic E-state index is 0.0257. The zero-order valence-electron chi connectivity index (χ0n) is 23.0. The van der Waals surface area contributed by atoms with Gasteiger partial charge in [0, 0.05) is 37.4 Å². The second kappa shape index (κ2) is 10.9. The highest BCUT2D eigenvalue weighted by atomic mass is 16.5. The normalized spacial score (nSPS) is 24.4. The van der Waals surface area contributed by atoms with E-state index >= 15 is 0 Å². The molecule has 7 nitrogen and oxygen atoms in total. The Hall–Kier alpha value is -2.90. The number of anilines is 1. The van der Waals surface area contributed by atoms with Crippen molar-refractivity contribution in [3.05, 3.63) is 65.2 Å². The van der Waals surface area contributed by atoms with Crippen LogP contribution in [0.15, 0.2) is 48.5 Å². The highest BCUT2D eigenvalue weighted by Crippen LogP contribution is 2.50. The van der Waals surface area contributed by atoms with Crippen LogP contribution in [0, 0.1) is 0 Å². The molecule has 2 saturated heterocycles. The van der Waals surface area contributed by atoms with Gasteiger partial charge in [-0.05, 0) is 54.0 Å². The first-order chi connectivity index (χ1) is 19.0. The maximum Gasteiger partial charge on any atom is 0.253 e. The molecular formula is C32H42N4O3. The molecular weight excluding hydrogens is 488 g/mol. The Bertz CT molecular complexity index is 1170. The first kappa shape index (κ1) is 26.3. The molecule has 1 saturated carbocycles. The van der Waals surface area contributed by atoms with Crippen molar-refractivity contribution in [1.29, 1.82) is 0 Å². The van der Waals surface area contributed by atoms with Crippen LogP contribution in [0.2, 0.25) is 0 Å². The van der Waals surface area contributed by atoms with Gasteiger partial charge in [-0.25, -0.2) is 0 Å². The number of rotatable bonds is 3. The molecule has 3 N–H and O–H groups in total. The summed E-state index contributed by atoms with van der Waals surface area (Å²) in [4.78, 5) is 29.6. The first-order valence-corrected chi connectivity index (χ1v) is 14.9. The summed E-state index contributed by atoms with van der Waals surface area (Å²) < 4.78 is 5.14. The number of benzene rings is 2. The van der Waals surface area contributed by atoms with Crippen molar-refractivity contribution in [3.63, 3.8) is 0 Å². The van der Waals surface area contributed by atoms with Crippen molar-refractivity contribution in [2.75, 3.05) is 44.7 Å². The molecule has 0 radical (unpaired) electrons. The molecule has 0 aromatic heterocycles. The molecule has 3 fully saturated rings. The number of carbonyl (C=O) groups is 2. The van der Waals surface area contributed by atoms with E-state index < -0.39 is 5.54 Å². The van der Waals surface area contributed by atoms with E-state index in [1.54, 1.807) is 4.90 Å². The van der Waals surface area contributed by atoms with Gasteiger partial charge >= 0.3 is 0 Å². The largest absolute Gasteiger partial charge is 0.378 e. The third kappa shape index (κ3) is 5.19. The van der Waals surface area contributed by atoms with E-state index in [0.29, 0.717) is 31.7 Å². The number of fused-ring (bicyclic) bond motifs is 2. The van der Waals surface area contributed by atoms with Crippen molar-refractivity contribution in [3.8, 4) is 0 Å². The Morgan fingerprint density at radius 1 is 0.821 bits per heavy atom. The zero-order valence-corrected chi connectivity index (χ0v) is 23.0. The molecule has 3 aliphatic heterocycles. The fourth-order valence-electron chi connectivity index (χ4n) is 7.16. The molecule has 1 unspecified atom stereocenters. The number of carbonyl (C=O) groups excluding carboxylic acids is 2. The number of piperazine rings is 1. The minimum Gasteiger partial charge on any atom is -0.378 e. The van der Waals surface area contributed by atoms with E-state index in [1.807, 2.05) is 17.0 Å². The van der Waals surface area contributed by atoms with Crippen LogP contribution in [0.3, 0.4) is 0 Å². The fourth-order valence-corrected chi connectivity index (χ4v) is 7.16. The summed E-state index contributed by atoms with van der Waals surface area (Å²) in [5, 5.41) is 3.83. The van der Waals surface area contributed by atoms with Crippen LogP contribution in [-0.2, 0) is 14.9 Å². The summed E-state index contributed by atoms with van der Waals surface area (Å²) in [6, 6.07) is 17.4. The molecule has 4 aliphatic rings. The molecule has 2 amide bonds. The first-order valence-electron chi connectivity index (χ1n) is 14.9. The molecule has 208 valence electrons. The van der Waals surface area contributed by atoms with Crippen LogP contribution in [0.5, 0.6) is 0 Å². The van der Waals surface area contributed by atoms with Gasteiger partial charge in [0.05, 0.1) is 19.3 Å². The Kier molecular flexibility index (Phi) is 7.38. The molecule has 6 rings (SSSR count). The lowest BCUT2D eigenvalue weighted by atomic mass is 9.66. The molecule has 2 aromatic rings. The second-order valence-corrected chi connectivity index (χ2v) is 12.2. The molecule has 1 aliphatic carbocycles. The monoisotopic (exact) mass is 530 g/mol. The van der Waals surface area contributed by atoms with Gasteiger partial charge in [-0.3, -0.25) is 9.59 Å². The van der Waals surface area contributed by atoms with Crippen LogP contribution in [-0.4, -0.2) is 66.5 Å². The maximum absolute atomic E-state index is 13.3. The van der Waals surface area contributed by atoms with Gasteiger partial charge in [-0.1, -0.05) is 68.9 Å². The van der Waals surface area contributed by atoms with Crippen molar-refractivity contribution >= 4 is 17.5 Å². The zero-order chi connectivity index (χ0) is 26.9. The van der Waals surface area contributed by atoms with Crippen LogP contribution in [0.1, 0.15) is 85.3 Å². The summed E-state index contributed by atoms with van der Waals surface area (Å²) >= 11 is 0. The molecule has 7 heteroatoms. The van der Waals surface area contributed by atoms with Crippen molar-refractivity contribution in [1.82, 2.24) is 9.80 Å². The summed E-state index contributed by atoms with van der Waals surface area (Å²) in [7, 11) is 0. The number of nitrogens with two attached hydrogens (primary N) is 1. The van der Waals surface area contributed by atoms with E-state index in [0.717, 1.165) is 6.42 Å². The van der Waals surface area contributed by atoms with Crippen molar-refractivity contribution < 1.29 is 14.3 Å². The van der Waals surface area contributed by atoms with E-state index in [1.165, 1.54) is 68.2 Å². The lowest BCUT2D eigenvalue weighted by Gasteiger charge is -2.44. The molecule has 2 aromatic carbocycles. The van der Waals surface area contributed by atoms with Crippen molar-refractivity contribution in [2.24, 2.45) is 5.73 Å². The Labute approximate surface area is 232 Å². The van der Waals surface area contributed by atoms with Crippen LogP contribution in [0.4, 0.5) is 5.69 Å². The highest BCUT2D eigenvalue weighted by Gasteiger charge is 2.45. The van der Waals surface area contributed by atoms with Gasteiger partial charge in [0.1, 0.15) is 5.54 Å². The lowest BCUT2D eigenvalue weighted by molar-refractivity contribution is -0.155. The third-order valence-corrected chi connectivity index (χ3v) is 9.54. The predicted molar refractivity (Wildman–Crippen MR) is 153 cm³/mol. The third-order valence-electron chi connectivity index (χ3n) is 9.54. The van der Waals surface area contributed by atoms with E-state index in [4.69, 9.17) is 10.5 Å². The number of nitrogens with one attached hydrogen (secondary N) is 1. The molecule has 3 heterocycles. The summed E-state index contributed by atoms with van der Waals surface area (Å²) in [5.41, 5.74) is 10.2. The average Bonchev–Trinajstić information content (AvgIpc) is 3.08. The summed E-state index contributed by atoms with van der Waals surface area (Å²) in [6.07, 6.45) is 11.6. The number of para-hydroxylation sites is 1. The van der Waals surface area contributed by atoms with Gasteiger partial charge in [0.15, 0.2) is 0 Å². The minimum atomic E-state index is -0.885. The smallest absolute Gasteiger partial charge is 0.253 e. The van der Waals surface area contributed by atoms with Gasteiger partial charge in [0.2, 0.25) is 5.91 Å². The van der Waals surface area contributed by atoms with Gasteiger partial charge < -0.3 is 25.6 Å². The Morgan fingerprint density at radius 2 is 1.44 bits per heavy atom. The number of hydrogen-bond acceptors (Lipinski definition) is 5. The van der Waals surface area contributed by atoms with Gasteiger partial charge in [-0.2, -0.15) is 0 Å². The summed E-state index contributed by atoms with van der Waals surface area (Å²) in [5.74, 6) is -0.0396. The molecule has 1 spiro atoms. The maximum atomic E-state index is 13.3. The Morgan fingerprint density at radius 3 is 2.08 bits per heavy atom. The van der Waals surface area contributed by atoms with Crippen LogP contribution >= 0.6 is 0 Å². The Balaban J connectivity index is 1.14. The number of ether oxygens (including phenoxy) is 1. The second-order valence-electron chi connectivity index (χ2n) is 12.2. The van der Waals surface area contributed by atoms with Crippen LogP contribution in [0.25, 0.3) is 0 Å². The molecule has 0 bridgehead atoms. The number of amides is 2. The lowest BCUT2D eigenvalue weighted by Crippen LogP contribution is -2.68. The van der Waals surface area contributed by atoms with E-state index in [9.17, 15) is 9.59 Å². The van der Waals surface area contributed by atoms with E-state index in [-0.39, 0.29) is 36.5 Å². The average molecular weight is 531 g/mol. The van der Waals surface area contributed by atoms with E-state index in [2.05, 4.69) is 41.7 Å². The quantitative estimate of drug-likeness (QED) is 0.604. The van der Waals surface area contributed by atoms with Crippen LogP contribution < -0.4 is 11.1 Å². The topological polar surface area (TPSA) is 87.9 Å². The van der Waals surface area contributed by atoms with Gasteiger partial charge in [0.25, 0.3) is 5.91 Å². The van der Waals surface area contributed by atoms with Gasteiger partial charge in [-0.15, -0.1) is 0 Å². The SMILES string of the molecule is NC1(C(=O)N2CCN(C(=O)c3ccc(C4CC5(CCCCCCCC5)c5ccccc5N4)cc3)CC2)COC1. The fraction of sp³-hybridized carbons (Fsp3) is 0.562.